The van der Waals surface area contributed by atoms with E-state index in [1.165, 1.54) is 12.1 Å². The molecule has 0 radical (unpaired) electrons. The highest BCUT2D eigenvalue weighted by Gasteiger charge is 2.07. The van der Waals surface area contributed by atoms with E-state index < -0.39 is 5.97 Å². The molecule has 0 saturated heterocycles. The number of carboxylic acid groups (broad SMARTS) is 1. The molecular weight excluding hydrogens is 404 g/mol. The van der Waals surface area contributed by atoms with E-state index in [2.05, 4.69) is 42.1 Å². The third-order valence-corrected chi connectivity index (χ3v) is 3.69. The minimum atomic E-state index is -1.01. The lowest BCUT2D eigenvalue weighted by atomic mass is 10.2. The van der Waals surface area contributed by atoms with Gasteiger partial charge >= 0.3 is 5.97 Å². The van der Waals surface area contributed by atoms with Gasteiger partial charge in [-0.2, -0.15) is 10.2 Å². The molecule has 0 bridgehead atoms. The maximum Gasteiger partial charge on any atom is 0.335 e. The van der Waals surface area contributed by atoms with Crippen molar-refractivity contribution in [1.82, 2.24) is 0 Å². The molecule has 2 rings (SSSR count). The van der Waals surface area contributed by atoms with Crippen molar-refractivity contribution in [3.05, 3.63) is 56.5 Å². The number of halogens is 2. The Morgan fingerprint density at radius 1 is 1.19 bits per heavy atom. The Labute approximate surface area is 137 Å². The van der Waals surface area contributed by atoms with Crippen molar-refractivity contribution >= 4 is 43.5 Å². The van der Waals surface area contributed by atoms with Crippen molar-refractivity contribution in [3.8, 4) is 5.75 Å². The Hall–Kier alpha value is -1.73. The summed E-state index contributed by atoms with van der Waals surface area (Å²) in [4.78, 5) is 10.9. The Bertz CT molecular complexity index is 717. The number of carboxylic acids is 1. The zero-order chi connectivity index (χ0) is 15.4. The summed E-state index contributed by atoms with van der Waals surface area (Å²) in [5.41, 5.74) is 1.21. The van der Waals surface area contributed by atoms with E-state index in [9.17, 15) is 9.90 Å². The standard InChI is InChI=1S/C14H10Br2N2O3/c15-10-4-9(13(19)12(16)6-10)7-17-18-11-3-1-2-8(5-11)14(20)21/h1-6,19H,7H2,(H,20,21). The number of azo groups is 1. The van der Waals surface area contributed by atoms with Gasteiger partial charge in [0.1, 0.15) is 5.75 Å². The summed E-state index contributed by atoms with van der Waals surface area (Å²) in [5, 5.41) is 26.7. The molecule has 0 aromatic heterocycles. The minimum Gasteiger partial charge on any atom is -0.506 e. The number of hydrogen-bond donors (Lipinski definition) is 2. The fourth-order valence-corrected chi connectivity index (χ4v) is 2.95. The Balaban J connectivity index is 2.16. The predicted octanol–water partition coefficient (Wildman–Crippen LogP) is 4.90. The third-order valence-electron chi connectivity index (χ3n) is 2.63. The number of carbonyl (C=O) groups is 1. The average molecular weight is 414 g/mol. The predicted molar refractivity (Wildman–Crippen MR) is 85.1 cm³/mol. The molecule has 2 aromatic carbocycles. The van der Waals surface area contributed by atoms with Crippen molar-refractivity contribution in [2.75, 3.05) is 0 Å². The smallest absolute Gasteiger partial charge is 0.335 e. The van der Waals surface area contributed by atoms with Crippen molar-refractivity contribution in [3.63, 3.8) is 0 Å². The van der Waals surface area contributed by atoms with E-state index >= 15 is 0 Å². The molecule has 7 heteroatoms. The molecule has 2 N–H and O–H groups in total. The van der Waals surface area contributed by atoms with Gasteiger partial charge in [-0.1, -0.05) is 22.0 Å². The van der Waals surface area contributed by atoms with Gasteiger partial charge in [-0.05, 0) is 46.3 Å². The molecule has 0 saturated carbocycles. The first kappa shape index (κ1) is 15.7. The van der Waals surface area contributed by atoms with Crippen molar-refractivity contribution in [2.45, 2.75) is 6.54 Å². The number of hydrogen-bond acceptors (Lipinski definition) is 4. The molecule has 0 heterocycles. The van der Waals surface area contributed by atoms with Crippen LogP contribution in [-0.2, 0) is 6.54 Å². The van der Waals surface area contributed by atoms with E-state index in [0.717, 1.165) is 4.47 Å². The quantitative estimate of drug-likeness (QED) is 0.699. The van der Waals surface area contributed by atoms with Gasteiger partial charge in [-0.25, -0.2) is 4.79 Å². The van der Waals surface area contributed by atoms with Gasteiger partial charge in [0.25, 0.3) is 0 Å². The second-order valence-electron chi connectivity index (χ2n) is 4.15. The summed E-state index contributed by atoms with van der Waals surface area (Å²) in [6.45, 7) is 0.182. The first-order valence-corrected chi connectivity index (χ1v) is 7.43. The first-order chi connectivity index (χ1) is 9.97. The zero-order valence-electron chi connectivity index (χ0n) is 10.6. The van der Waals surface area contributed by atoms with Crippen LogP contribution in [-0.4, -0.2) is 16.2 Å². The Morgan fingerprint density at radius 3 is 2.67 bits per heavy atom. The summed E-state index contributed by atoms with van der Waals surface area (Å²) in [5.74, 6) is -0.906. The van der Waals surface area contributed by atoms with Crippen LogP contribution in [0, 0.1) is 0 Å². The summed E-state index contributed by atoms with van der Waals surface area (Å²) < 4.78 is 1.38. The first-order valence-electron chi connectivity index (χ1n) is 5.85. The third kappa shape index (κ3) is 4.12. The highest BCUT2D eigenvalue weighted by Crippen LogP contribution is 2.32. The highest BCUT2D eigenvalue weighted by atomic mass is 79.9. The largest absolute Gasteiger partial charge is 0.506 e. The molecule has 2 aromatic rings. The second kappa shape index (κ2) is 6.82. The molecule has 0 fully saturated rings. The van der Waals surface area contributed by atoms with Crippen LogP contribution in [0.5, 0.6) is 5.75 Å². The molecular formula is C14H10Br2N2O3. The molecule has 21 heavy (non-hydrogen) atoms. The van der Waals surface area contributed by atoms with E-state index in [1.54, 1.807) is 24.3 Å². The monoisotopic (exact) mass is 412 g/mol. The van der Waals surface area contributed by atoms with Crippen LogP contribution in [0.1, 0.15) is 15.9 Å². The molecule has 0 aliphatic heterocycles. The van der Waals surface area contributed by atoms with Crippen LogP contribution in [0.15, 0.2) is 55.6 Å². The normalized spacial score (nSPS) is 11.0. The number of phenols is 1. The fraction of sp³-hybridized carbons (Fsp3) is 0.0714. The molecule has 0 aliphatic carbocycles. The number of aromatic hydroxyl groups is 1. The Morgan fingerprint density at radius 2 is 1.95 bits per heavy atom. The lowest BCUT2D eigenvalue weighted by molar-refractivity contribution is 0.0697. The summed E-state index contributed by atoms with van der Waals surface area (Å²) >= 11 is 6.57. The maximum atomic E-state index is 10.9. The van der Waals surface area contributed by atoms with Crippen molar-refractivity contribution < 1.29 is 15.0 Å². The van der Waals surface area contributed by atoms with Gasteiger partial charge in [0, 0.05) is 10.0 Å². The average Bonchev–Trinajstić information content (AvgIpc) is 2.44. The van der Waals surface area contributed by atoms with Crippen LogP contribution >= 0.6 is 31.9 Å². The van der Waals surface area contributed by atoms with E-state index in [4.69, 9.17) is 5.11 Å². The van der Waals surface area contributed by atoms with Crippen LogP contribution in [0.2, 0.25) is 0 Å². The van der Waals surface area contributed by atoms with Crippen LogP contribution in [0.4, 0.5) is 5.69 Å². The fourth-order valence-electron chi connectivity index (χ4n) is 1.63. The van der Waals surface area contributed by atoms with Crippen LogP contribution < -0.4 is 0 Å². The number of benzene rings is 2. The van der Waals surface area contributed by atoms with Gasteiger partial charge in [0.2, 0.25) is 0 Å². The molecule has 0 aliphatic rings. The van der Waals surface area contributed by atoms with Gasteiger partial charge < -0.3 is 10.2 Å². The second-order valence-corrected chi connectivity index (χ2v) is 5.92. The van der Waals surface area contributed by atoms with Gasteiger partial charge in [0.05, 0.1) is 22.3 Å². The van der Waals surface area contributed by atoms with Crippen molar-refractivity contribution in [1.29, 1.82) is 0 Å². The van der Waals surface area contributed by atoms with E-state index in [-0.39, 0.29) is 17.9 Å². The molecule has 0 spiro atoms. The molecule has 0 atom stereocenters. The van der Waals surface area contributed by atoms with Gasteiger partial charge in [0.15, 0.2) is 0 Å². The number of phenolic OH excluding ortho intramolecular Hbond substituents is 1. The van der Waals surface area contributed by atoms with Crippen LogP contribution in [0.3, 0.4) is 0 Å². The Kier molecular flexibility index (Phi) is 5.08. The molecule has 108 valence electrons. The molecule has 0 amide bonds. The lowest BCUT2D eigenvalue weighted by Gasteiger charge is -2.04. The van der Waals surface area contributed by atoms with E-state index in [0.29, 0.717) is 15.7 Å². The summed E-state index contributed by atoms with van der Waals surface area (Å²) in [7, 11) is 0. The summed E-state index contributed by atoms with van der Waals surface area (Å²) in [6, 6.07) is 9.65. The number of rotatable bonds is 4. The van der Waals surface area contributed by atoms with Gasteiger partial charge in [-0.15, -0.1) is 0 Å². The maximum absolute atomic E-state index is 10.9. The SMILES string of the molecule is O=C(O)c1cccc(N=NCc2cc(Br)cc(Br)c2O)c1. The highest BCUT2D eigenvalue weighted by molar-refractivity contribution is 9.11. The number of aromatic carboxylic acids is 1. The van der Waals surface area contributed by atoms with Crippen LogP contribution in [0.25, 0.3) is 0 Å². The zero-order valence-corrected chi connectivity index (χ0v) is 13.8. The lowest BCUT2D eigenvalue weighted by Crippen LogP contribution is -1.94. The molecule has 0 unspecified atom stereocenters. The molecule has 5 nitrogen and oxygen atoms in total. The minimum absolute atomic E-state index is 0.108. The van der Waals surface area contributed by atoms with E-state index in [1.807, 2.05) is 0 Å². The van der Waals surface area contributed by atoms with Crippen molar-refractivity contribution in [2.24, 2.45) is 10.2 Å². The summed E-state index contributed by atoms with van der Waals surface area (Å²) in [6.07, 6.45) is 0. The van der Waals surface area contributed by atoms with Gasteiger partial charge in [-0.3, -0.25) is 0 Å². The number of nitrogens with zero attached hydrogens (tertiary/aromatic N) is 2. The topological polar surface area (TPSA) is 82.2 Å².